The van der Waals surface area contributed by atoms with Crippen LogP contribution in [0.2, 0.25) is 0 Å². The van der Waals surface area contributed by atoms with Crippen LogP contribution in [-0.2, 0) is 9.26 Å². The van der Waals surface area contributed by atoms with E-state index < -0.39 is 5.99 Å². The number of epoxide rings is 1. The van der Waals surface area contributed by atoms with Crippen LogP contribution in [-0.4, -0.2) is 29.1 Å². The Hall–Kier alpha value is 0.850. The fourth-order valence-corrected chi connectivity index (χ4v) is 1.12. The number of halogens is 2. The van der Waals surface area contributed by atoms with Crippen LogP contribution in [0.15, 0.2) is 0 Å². The Kier molecular flexibility index (Phi) is 2.17. The Labute approximate surface area is 67.4 Å². The maximum atomic E-state index is 8.70. The normalized spacial score (nSPS) is 29.2. The van der Waals surface area contributed by atoms with Gasteiger partial charge in [-0.25, -0.2) is 0 Å². The molecule has 1 aliphatic rings. The van der Waals surface area contributed by atoms with Gasteiger partial charge in [0.05, 0.1) is 0 Å². The molecule has 0 amide bonds. The molecule has 0 bridgehead atoms. The Morgan fingerprint density at radius 3 is 2.40 bits per heavy atom. The van der Waals surface area contributed by atoms with E-state index in [1.165, 1.54) is 0 Å². The zero-order valence-electron chi connectivity index (χ0n) is 4.91. The first-order chi connectivity index (χ1) is 4.33. The molecule has 1 heterocycles. The van der Waals surface area contributed by atoms with E-state index in [1.807, 2.05) is 0 Å². The Bertz CT molecular complexity index is 130. The van der Waals surface area contributed by atoms with Gasteiger partial charge in [0.15, 0.2) is 0 Å². The predicted octanol–water partition coefficient (Wildman–Crippen LogP) is 0.992. The summed E-state index contributed by atoms with van der Waals surface area (Å²) in [6.07, 6.45) is -0.0849. The summed E-state index contributed by atoms with van der Waals surface area (Å²) in [5.74, 6) is -4.77. The molecule has 1 saturated heterocycles. The van der Waals surface area contributed by atoms with Gasteiger partial charge >= 0.3 is 66.8 Å². The van der Waals surface area contributed by atoms with Crippen molar-refractivity contribution in [1.29, 1.82) is 0 Å². The van der Waals surface area contributed by atoms with Crippen LogP contribution in [0, 0.1) is 0 Å². The third kappa shape index (κ3) is 4.63. The van der Waals surface area contributed by atoms with Crippen molar-refractivity contribution in [2.24, 2.45) is 0 Å². The summed E-state index contributed by atoms with van der Waals surface area (Å²) in [5, 5.41) is 0. The summed E-state index contributed by atoms with van der Waals surface area (Å²) in [6.45, 7) is 0.581. The minimum absolute atomic E-state index is 0.0256. The van der Waals surface area contributed by atoms with E-state index in [4.69, 9.17) is 37.0 Å². The second-order valence-corrected chi connectivity index (χ2v) is 7.96. The molecule has 62 valence electrons. The Morgan fingerprint density at radius 1 is 1.60 bits per heavy atom. The summed E-state index contributed by atoms with van der Waals surface area (Å²) in [6, 6.07) is 0. The molecule has 0 saturated carbocycles. The molecule has 0 aromatic rings. The average molecular weight is 209 g/mol. The van der Waals surface area contributed by atoms with Crippen molar-refractivity contribution in [3.63, 3.8) is 0 Å². The molecule has 1 rings (SSSR count). The van der Waals surface area contributed by atoms with Crippen molar-refractivity contribution in [2.75, 3.05) is 13.2 Å². The molecular formula is C3H7Cl2O4P. The van der Waals surface area contributed by atoms with Crippen molar-refractivity contribution in [3.8, 4) is 0 Å². The quantitative estimate of drug-likeness (QED) is 0.537. The number of hydrogen-bond donors (Lipinski definition) is 2. The Balaban J connectivity index is 2.22. The SMILES string of the molecule is OP(O)(Cl)(Cl)OCC1CO1. The third-order valence-electron chi connectivity index (χ3n) is 0.876. The molecule has 4 nitrogen and oxygen atoms in total. The van der Waals surface area contributed by atoms with Gasteiger partial charge in [-0.05, 0) is 0 Å². The molecule has 1 unspecified atom stereocenters. The molecule has 1 aliphatic heterocycles. The van der Waals surface area contributed by atoms with Crippen molar-refractivity contribution in [2.45, 2.75) is 6.10 Å². The van der Waals surface area contributed by atoms with Gasteiger partial charge in [-0.1, -0.05) is 0 Å². The Morgan fingerprint density at radius 2 is 2.10 bits per heavy atom. The van der Waals surface area contributed by atoms with E-state index in [1.54, 1.807) is 0 Å². The van der Waals surface area contributed by atoms with E-state index in [9.17, 15) is 0 Å². The van der Waals surface area contributed by atoms with E-state index in [0.29, 0.717) is 6.61 Å². The zero-order valence-corrected chi connectivity index (χ0v) is 7.31. The topological polar surface area (TPSA) is 62.2 Å². The standard InChI is InChI=1S/C3H7Cl2O4P/c4-10(5,6,7)9-2-3-1-8-3/h3,6-7H,1-2H2. The van der Waals surface area contributed by atoms with E-state index in [2.05, 4.69) is 4.52 Å². The van der Waals surface area contributed by atoms with Gasteiger partial charge in [-0.15, -0.1) is 0 Å². The van der Waals surface area contributed by atoms with Gasteiger partial charge in [-0.3, -0.25) is 0 Å². The first-order valence-corrected chi connectivity index (χ1v) is 6.42. The van der Waals surface area contributed by atoms with Crippen molar-refractivity contribution >= 4 is 28.5 Å². The van der Waals surface area contributed by atoms with Crippen molar-refractivity contribution in [3.05, 3.63) is 0 Å². The monoisotopic (exact) mass is 208 g/mol. The molecular weight excluding hydrogens is 202 g/mol. The average Bonchev–Trinajstić information content (AvgIpc) is 2.36. The first kappa shape index (κ1) is 8.94. The van der Waals surface area contributed by atoms with Crippen LogP contribution in [0.3, 0.4) is 0 Å². The zero-order chi connectivity index (χ0) is 7.85. The summed E-state index contributed by atoms with van der Waals surface area (Å²) in [4.78, 5) is 17.4. The molecule has 2 N–H and O–H groups in total. The molecule has 0 spiro atoms. The first-order valence-electron chi connectivity index (χ1n) is 2.55. The van der Waals surface area contributed by atoms with Gasteiger partial charge in [0.2, 0.25) is 0 Å². The van der Waals surface area contributed by atoms with E-state index >= 15 is 0 Å². The van der Waals surface area contributed by atoms with Crippen molar-refractivity contribution in [1.82, 2.24) is 0 Å². The molecule has 1 fully saturated rings. The number of hydrogen-bond acceptors (Lipinski definition) is 4. The molecule has 7 heteroatoms. The summed E-state index contributed by atoms with van der Waals surface area (Å²) in [5.41, 5.74) is 0. The minimum atomic E-state index is -4.77. The van der Waals surface area contributed by atoms with Crippen LogP contribution >= 0.6 is 28.5 Å². The summed E-state index contributed by atoms with van der Waals surface area (Å²) >= 11 is 9.98. The molecule has 1 atom stereocenters. The van der Waals surface area contributed by atoms with Crippen LogP contribution in [0.4, 0.5) is 0 Å². The van der Waals surface area contributed by atoms with E-state index in [0.717, 1.165) is 0 Å². The van der Waals surface area contributed by atoms with Crippen molar-refractivity contribution < 1.29 is 19.0 Å². The van der Waals surface area contributed by atoms with Crippen LogP contribution < -0.4 is 0 Å². The van der Waals surface area contributed by atoms with Gasteiger partial charge in [-0.2, -0.15) is 0 Å². The van der Waals surface area contributed by atoms with Gasteiger partial charge < -0.3 is 0 Å². The van der Waals surface area contributed by atoms with Gasteiger partial charge in [0.1, 0.15) is 0 Å². The molecule has 0 aromatic heterocycles. The second-order valence-electron chi connectivity index (χ2n) is 2.01. The third-order valence-corrected chi connectivity index (χ3v) is 2.04. The summed E-state index contributed by atoms with van der Waals surface area (Å²) < 4.78 is 9.09. The van der Waals surface area contributed by atoms with Crippen LogP contribution in [0.5, 0.6) is 0 Å². The van der Waals surface area contributed by atoms with Crippen LogP contribution in [0.25, 0.3) is 0 Å². The fourth-order valence-electron chi connectivity index (χ4n) is 0.370. The summed E-state index contributed by atoms with van der Waals surface area (Å²) in [7, 11) is 0. The van der Waals surface area contributed by atoms with Crippen LogP contribution in [0.1, 0.15) is 0 Å². The van der Waals surface area contributed by atoms with E-state index in [-0.39, 0.29) is 12.7 Å². The maximum absolute atomic E-state index is 8.70. The fraction of sp³-hybridized carbons (Fsp3) is 1.00. The van der Waals surface area contributed by atoms with Gasteiger partial charge in [0, 0.05) is 0 Å². The molecule has 0 radical (unpaired) electrons. The molecule has 0 aromatic carbocycles. The molecule has 10 heavy (non-hydrogen) atoms. The molecule has 0 aliphatic carbocycles. The number of rotatable bonds is 3. The predicted molar refractivity (Wildman–Crippen MR) is 38.8 cm³/mol. The van der Waals surface area contributed by atoms with Gasteiger partial charge in [0.25, 0.3) is 0 Å². The second kappa shape index (κ2) is 2.42. The number of ether oxygens (including phenoxy) is 1.